The second-order valence-electron chi connectivity index (χ2n) is 4.37. The predicted octanol–water partition coefficient (Wildman–Crippen LogP) is 2.79. The van der Waals surface area contributed by atoms with Crippen molar-refractivity contribution in [3.63, 3.8) is 0 Å². The van der Waals surface area contributed by atoms with E-state index >= 15 is 0 Å². The van der Waals surface area contributed by atoms with Gasteiger partial charge in [0.25, 0.3) is 5.91 Å². The van der Waals surface area contributed by atoms with Gasteiger partial charge in [-0.15, -0.1) is 11.3 Å². The van der Waals surface area contributed by atoms with E-state index in [0.717, 1.165) is 11.3 Å². The Morgan fingerprint density at radius 1 is 1.38 bits per heavy atom. The van der Waals surface area contributed by atoms with E-state index in [9.17, 15) is 4.79 Å². The lowest BCUT2D eigenvalue weighted by atomic mass is 10.2. The van der Waals surface area contributed by atoms with Gasteiger partial charge in [-0.3, -0.25) is 4.79 Å². The van der Waals surface area contributed by atoms with E-state index < -0.39 is 0 Å². The van der Waals surface area contributed by atoms with Crippen molar-refractivity contribution in [2.45, 2.75) is 20.4 Å². The maximum Gasteiger partial charge on any atom is 0.263 e. The number of thiazole rings is 1. The van der Waals surface area contributed by atoms with Crippen LogP contribution >= 0.6 is 11.3 Å². The van der Waals surface area contributed by atoms with Crippen LogP contribution < -0.4 is 14.8 Å². The first kappa shape index (κ1) is 15.3. The molecular weight excluding hydrogens is 288 g/mol. The van der Waals surface area contributed by atoms with Crippen molar-refractivity contribution in [3.05, 3.63) is 39.8 Å². The molecule has 0 bridgehead atoms. The van der Waals surface area contributed by atoms with Crippen molar-refractivity contribution in [1.29, 1.82) is 0 Å². The molecule has 0 saturated carbocycles. The molecule has 0 aliphatic carbocycles. The highest BCUT2D eigenvalue weighted by molar-refractivity contribution is 7.11. The number of amides is 1. The Morgan fingerprint density at radius 3 is 2.81 bits per heavy atom. The summed E-state index contributed by atoms with van der Waals surface area (Å²) in [5, 5.41) is 2.88. The summed E-state index contributed by atoms with van der Waals surface area (Å²) in [6.07, 6.45) is 0. The summed E-state index contributed by atoms with van der Waals surface area (Å²) < 4.78 is 10.8. The van der Waals surface area contributed by atoms with Crippen LogP contribution in [0.25, 0.3) is 0 Å². The highest BCUT2D eigenvalue weighted by Gasteiger charge is 2.12. The number of hydrogen-bond donors (Lipinski definition) is 1. The quantitative estimate of drug-likeness (QED) is 0.891. The fourth-order valence-corrected chi connectivity index (χ4v) is 2.60. The lowest BCUT2D eigenvalue weighted by Crippen LogP contribution is -2.22. The number of rotatable bonds is 6. The molecule has 6 heteroatoms. The largest absolute Gasteiger partial charge is 0.493 e. The molecule has 1 heterocycles. The molecule has 2 rings (SSSR count). The Hall–Kier alpha value is -2.08. The maximum atomic E-state index is 12.0. The normalized spacial score (nSPS) is 10.2. The molecule has 0 unspecified atom stereocenters. The molecular formula is C15H18N2O3S. The number of aryl methyl sites for hydroxylation is 1. The number of hydrogen-bond acceptors (Lipinski definition) is 5. The first-order chi connectivity index (χ1) is 10.2. The third-order valence-corrected chi connectivity index (χ3v) is 3.86. The minimum Gasteiger partial charge on any atom is -0.493 e. The van der Waals surface area contributed by atoms with Gasteiger partial charge in [0.2, 0.25) is 0 Å². The number of methoxy groups -OCH3 is 1. The first-order valence-electron chi connectivity index (χ1n) is 6.63. The lowest BCUT2D eigenvalue weighted by molar-refractivity contribution is 0.0954. The number of nitrogens with zero attached hydrogens (tertiary/aromatic N) is 1. The van der Waals surface area contributed by atoms with Gasteiger partial charge in [-0.2, -0.15) is 0 Å². The van der Waals surface area contributed by atoms with E-state index in [1.165, 1.54) is 11.3 Å². The molecule has 0 saturated heterocycles. The van der Waals surface area contributed by atoms with Crippen LogP contribution in [0.15, 0.2) is 23.7 Å². The summed E-state index contributed by atoms with van der Waals surface area (Å²) in [7, 11) is 1.60. The number of aromatic nitrogens is 1. The SMILES string of the molecule is CCOc1ccc(CNC(=O)c2scnc2C)cc1OC. The third-order valence-electron chi connectivity index (χ3n) is 2.93. The molecule has 1 aromatic carbocycles. The summed E-state index contributed by atoms with van der Waals surface area (Å²) in [5.41, 5.74) is 3.37. The monoisotopic (exact) mass is 306 g/mol. The van der Waals surface area contributed by atoms with Gasteiger partial charge in [0.1, 0.15) is 4.88 Å². The maximum absolute atomic E-state index is 12.0. The second-order valence-corrected chi connectivity index (χ2v) is 5.22. The van der Waals surface area contributed by atoms with E-state index in [2.05, 4.69) is 10.3 Å². The molecule has 0 atom stereocenters. The molecule has 2 aromatic rings. The van der Waals surface area contributed by atoms with E-state index in [1.807, 2.05) is 32.0 Å². The number of benzene rings is 1. The van der Waals surface area contributed by atoms with E-state index in [0.29, 0.717) is 29.5 Å². The Labute approximate surface area is 127 Å². The van der Waals surface area contributed by atoms with Crippen LogP contribution in [0.3, 0.4) is 0 Å². The molecule has 5 nitrogen and oxygen atoms in total. The van der Waals surface area contributed by atoms with E-state index in [4.69, 9.17) is 9.47 Å². The van der Waals surface area contributed by atoms with Crippen molar-refractivity contribution in [2.75, 3.05) is 13.7 Å². The molecule has 21 heavy (non-hydrogen) atoms. The number of nitrogens with one attached hydrogen (secondary N) is 1. The van der Waals surface area contributed by atoms with Gasteiger partial charge in [0.05, 0.1) is 24.9 Å². The summed E-state index contributed by atoms with van der Waals surface area (Å²) in [5.74, 6) is 1.26. The van der Waals surface area contributed by atoms with Crippen LogP contribution in [0.2, 0.25) is 0 Å². The average Bonchev–Trinajstić information content (AvgIpc) is 2.92. The van der Waals surface area contributed by atoms with Crippen LogP contribution in [0.1, 0.15) is 27.9 Å². The highest BCUT2D eigenvalue weighted by atomic mass is 32.1. The Bertz CT molecular complexity index is 625. The molecule has 0 aliphatic heterocycles. The molecule has 0 fully saturated rings. The van der Waals surface area contributed by atoms with Crippen LogP contribution in [0.5, 0.6) is 11.5 Å². The molecule has 0 radical (unpaired) electrons. The standard InChI is InChI=1S/C15H18N2O3S/c1-4-20-12-6-5-11(7-13(12)19-3)8-16-15(18)14-10(2)17-9-21-14/h5-7,9H,4,8H2,1-3H3,(H,16,18). The first-order valence-corrected chi connectivity index (χ1v) is 7.51. The van der Waals surface area contributed by atoms with Gasteiger partial charge in [-0.05, 0) is 31.5 Å². The van der Waals surface area contributed by atoms with Gasteiger partial charge < -0.3 is 14.8 Å². The van der Waals surface area contributed by atoms with Crippen molar-refractivity contribution >= 4 is 17.2 Å². The molecule has 1 aromatic heterocycles. The highest BCUT2D eigenvalue weighted by Crippen LogP contribution is 2.28. The molecule has 112 valence electrons. The zero-order valence-corrected chi connectivity index (χ0v) is 13.1. The molecule has 1 N–H and O–H groups in total. The molecule has 0 aliphatic rings. The Balaban J connectivity index is 2.03. The topological polar surface area (TPSA) is 60.5 Å². The van der Waals surface area contributed by atoms with Gasteiger partial charge in [-0.25, -0.2) is 4.98 Å². The van der Waals surface area contributed by atoms with Gasteiger partial charge in [0.15, 0.2) is 11.5 Å². The smallest absolute Gasteiger partial charge is 0.263 e. The fraction of sp³-hybridized carbons (Fsp3) is 0.333. The number of carbonyl (C=O) groups excluding carboxylic acids is 1. The van der Waals surface area contributed by atoms with Crippen molar-refractivity contribution in [2.24, 2.45) is 0 Å². The Kier molecular flexibility index (Phi) is 5.16. The van der Waals surface area contributed by atoms with Gasteiger partial charge >= 0.3 is 0 Å². The van der Waals surface area contributed by atoms with Gasteiger partial charge in [-0.1, -0.05) is 6.07 Å². The third kappa shape index (κ3) is 3.72. The zero-order valence-electron chi connectivity index (χ0n) is 12.3. The van der Waals surface area contributed by atoms with Crippen LogP contribution in [-0.4, -0.2) is 24.6 Å². The number of ether oxygens (including phenoxy) is 2. The van der Waals surface area contributed by atoms with Gasteiger partial charge in [0, 0.05) is 6.54 Å². The average molecular weight is 306 g/mol. The van der Waals surface area contributed by atoms with Crippen LogP contribution in [0.4, 0.5) is 0 Å². The summed E-state index contributed by atoms with van der Waals surface area (Å²) >= 11 is 1.34. The Morgan fingerprint density at radius 2 is 2.19 bits per heavy atom. The number of carbonyl (C=O) groups is 1. The summed E-state index contributed by atoms with van der Waals surface area (Å²) in [4.78, 5) is 16.7. The van der Waals surface area contributed by atoms with E-state index in [1.54, 1.807) is 12.6 Å². The fourth-order valence-electron chi connectivity index (χ4n) is 1.88. The van der Waals surface area contributed by atoms with Crippen molar-refractivity contribution < 1.29 is 14.3 Å². The van der Waals surface area contributed by atoms with Crippen LogP contribution in [-0.2, 0) is 6.54 Å². The lowest BCUT2D eigenvalue weighted by Gasteiger charge is -2.11. The minimum absolute atomic E-state index is 0.108. The van der Waals surface area contributed by atoms with Crippen LogP contribution in [0, 0.1) is 6.92 Å². The second kappa shape index (κ2) is 7.08. The minimum atomic E-state index is -0.108. The molecule has 1 amide bonds. The summed E-state index contributed by atoms with van der Waals surface area (Å²) in [6.45, 7) is 4.76. The summed E-state index contributed by atoms with van der Waals surface area (Å²) in [6, 6.07) is 5.62. The van der Waals surface area contributed by atoms with E-state index in [-0.39, 0.29) is 5.91 Å². The molecule has 0 spiro atoms. The van der Waals surface area contributed by atoms with Crippen molar-refractivity contribution in [1.82, 2.24) is 10.3 Å². The predicted molar refractivity (Wildman–Crippen MR) is 82.2 cm³/mol. The van der Waals surface area contributed by atoms with Crippen molar-refractivity contribution in [3.8, 4) is 11.5 Å². The zero-order chi connectivity index (χ0) is 15.2.